The zero-order valence-electron chi connectivity index (χ0n) is 9.47. The van der Waals surface area contributed by atoms with Gasteiger partial charge >= 0.3 is 0 Å². The van der Waals surface area contributed by atoms with Gasteiger partial charge in [0.1, 0.15) is 5.01 Å². The number of hydrogen-bond acceptors (Lipinski definition) is 4. The molecule has 2 rings (SSSR count). The van der Waals surface area contributed by atoms with Crippen molar-refractivity contribution in [2.24, 2.45) is 5.73 Å². The van der Waals surface area contributed by atoms with E-state index in [4.69, 9.17) is 5.73 Å². The van der Waals surface area contributed by atoms with Crippen molar-refractivity contribution >= 4 is 17.0 Å². The predicted molar refractivity (Wildman–Crippen MR) is 69.8 cm³/mol. The van der Waals surface area contributed by atoms with Crippen LogP contribution in [0.3, 0.4) is 0 Å². The predicted octanol–water partition coefficient (Wildman–Crippen LogP) is 2.33. The first-order valence-electron chi connectivity index (χ1n) is 5.14. The van der Waals surface area contributed by atoms with E-state index >= 15 is 0 Å². The third-order valence-corrected chi connectivity index (χ3v) is 3.42. The van der Waals surface area contributed by atoms with Gasteiger partial charge in [0.25, 0.3) is 0 Å². The first-order chi connectivity index (χ1) is 7.72. The van der Waals surface area contributed by atoms with Crippen molar-refractivity contribution in [3.05, 3.63) is 35.3 Å². The molecular weight excluding hydrogens is 218 g/mol. The van der Waals surface area contributed by atoms with Gasteiger partial charge in [-0.1, -0.05) is 12.1 Å². The Morgan fingerprint density at radius 2 is 2.06 bits per heavy atom. The summed E-state index contributed by atoms with van der Waals surface area (Å²) in [5, 5.41) is 1.03. The lowest BCUT2D eigenvalue weighted by molar-refractivity contribution is 1.10. The van der Waals surface area contributed by atoms with Gasteiger partial charge in [0, 0.05) is 43.0 Å². The van der Waals surface area contributed by atoms with Crippen LogP contribution in [0.1, 0.15) is 4.88 Å². The number of benzene rings is 1. The fraction of sp³-hybridized carbons (Fsp3) is 0.250. The summed E-state index contributed by atoms with van der Waals surface area (Å²) >= 11 is 1.65. The monoisotopic (exact) mass is 233 g/mol. The molecule has 0 radical (unpaired) electrons. The molecule has 0 fully saturated rings. The fourth-order valence-corrected chi connectivity index (χ4v) is 2.40. The van der Waals surface area contributed by atoms with Crippen molar-refractivity contribution in [1.29, 1.82) is 0 Å². The lowest BCUT2D eigenvalue weighted by Crippen LogP contribution is -2.09. The van der Waals surface area contributed by atoms with Crippen LogP contribution in [-0.4, -0.2) is 19.1 Å². The van der Waals surface area contributed by atoms with Gasteiger partial charge in [-0.25, -0.2) is 4.98 Å². The van der Waals surface area contributed by atoms with E-state index in [0.717, 1.165) is 15.4 Å². The largest absolute Gasteiger partial charge is 0.377 e. The Morgan fingerprint density at radius 1 is 1.31 bits per heavy atom. The van der Waals surface area contributed by atoms with E-state index in [1.165, 1.54) is 5.69 Å². The van der Waals surface area contributed by atoms with Crippen molar-refractivity contribution in [1.82, 2.24) is 4.98 Å². The minimum absolute atomic E-state index is 0.557. The molecule has 1 aromatic carbocycles. The topological polar surface area (TPSA) is 42.2 Å². The molecule has 0 bridgehead atoms. The van der Waals surface area contributed by atoms with Crippen LogP contribution in [0.2, 0.25) is 0 Å². The van der Waals surface area contributed by atoms with Crippen molar-refractivity contribution < 1.29 is 0 Å². The quantitative estimate of drug-likeness (QED) is 0.884. The number of thiazole rings is 1. The van der Waals surface area contributed by atoms with E-state index in [1.807, 2.05) is 32.4 Å². The number of nitrogens with two attached hydrogens (primary N) is 1. The van der Waals surface area contributed by atoms with Crippen molar-refractivity contribution in [3.63, 3.8) is 0 Å². The second-order valence-corrected chi connectivity index (χ2v) is 4.86. The molecule has 1 heterocycles. The summed E-state index contributed by atoms with van der Waals surface area (Å²) in [7, 11) is 4.08. The number of rotatable bonds is 3. The summed E-state index contributed by atoms with van der Waals surface area (Å²) in [6, 6.07) is 8.26. The van der Waals surface area contributed by atoms with Crippen LogP contribution in [-0.2, 0) is 6.54 Å². The van der Waals surface area contributed by atoms with Crippen LogP contribution in [0.15, 0.2) is 30.5 Å². The van der Waals surface area contributed by atoms with Gasteiger partial charge in [-0.05, 0) is 12.1 Å². The van der Waals surface area contributed by atoms with Gasteiger partial charge in [0.05, 0.1) is 0 Å². The molecular formula is C12H15N3S. The zero-order valence-corrected chi connectivity index (χ0v) is 10.3. The van der Waals surface area contributed by atoms with Crippen LogP contribution in [0.5, 0.6) is 0 Å². The summed E-state index contributed by atoms with van der Waals surface area (Å²) in [4.78, 5) is 7.62. The molecule has 0 spiro atoms. The maximum atomic E-state index is 5.60. The summed E-state index contributed by atoms with van der Waals surface area (Å²) in [6.45, 7) is 0.557. The maximum absolute atomic E-state index is 5.60. The second-order valence-electron chi connectivity index (χ2n) is 3.75. The molecule has 0 aliphatic heterocycles. The van der Waals surface area contributed by atoms with Gasteiger partial charge in [0.2, 0.25) is 0 Å². The molecule has 2 aromatic rings. The average molecular weight is 233 g/mol. The molecule has 0 aliphatic rings. The number of hydrogen-bond donors (Lipinski definition) is 1. The number of aromatic nitrogens is 1. The van der Waals surface area contributed by atoms with Crippen molar-refractivity contribution in [3.8, 4) is 10.6 Å². The van der Waals surface area contributed by atoms with Crippen LogP contribution in [0.25, 0.3) is 10.6 Å². The van der Waals surface area contributed by atoms with Gasteiger partial charge in [-0.2, -0.15) is 0 Å². The molecule has 0 atom stereocenters. The number of anilines is 1. The van der Waals surface area contributed by atoms with E-state index in [0.29, 0.717) is 6.54 Å². The summed E-state index contributed by atoms with van der Waals surface area (Å²) in [5.74, 6) is 0. The van der Waals surface area contributed by atoms with Crippen LogP contribution in [0, 0.1) is 0 Å². The Hall–Kier alpha value is -1.39. The lowest BCUT2D eigenvalue weighted by Gasteiger charge is -2.15. The number of para-hydroxylation sites is 1. The van der Waals surface area contributed by atoms with Crippen molar-refractivity contribution in [2.75, 3.05) is 19.0 Å². The summed E-state index contributed by atoms with van der Waals surface area (Å²) < 4.78 is 0. The Balaban J connectivity index is 2.46. The van der Waals surface area contributed by atoms with E-state index in [9.17, 15) is 0 Å². The SMILES string of the molecule is CN(C)c1ccccc1-c1ncc(CN)s1. The van der Waals surface area contributed by atoms with Crippen LogP contribution >= 0.6 is 11.3 Å². The summed E-state index contributed by atoms with van der Waals surface area (Å²) in [6.07, 6.45) is 1.85. The third kappa shape index (κ3) is 2.08. The molecule has 0 unspecified atom stereocenters. The van der Waals surface area contributed by atoms with Gasteiger partial charge in [0.15, 0.2) is 0 Å². The Kier molecular flexibility index (Phi) is 3.22. The molecule has 2 N–H and O–H groups in total. The lowest BCUT2D eigenvalue weighted by atomic mass is 10.2. The van der Waals surface area contributed by atoms with Crippen LogP contribution < -0.4 is 10.6 Å². The highest BCUT2D eigenvalue weighted by Gasteiger charge is 2.09. The van der Waals surface area contributed by atoms with Gasteiger partial charge in [-0.15, -0.1) is 11.3 Å². The molecule has 0 saturated carbocycles. The normalized spacial score (nSPS) is 10.4. The highest BCUT2D eigenvalue weighted by Crippen LogP contribution is 2.32. The van der Waals surface area contributed by atoms with E-state index < -0.39 is 0 Å². The smallest absolute Gasteiger partial charge is 0.125 e. The first kappa shape index (κ1) is 11.1. The molecule has 4 heteroatoms. The maximum Gasteiger partial charge on any atom is 0.125 e. The Bertz CT molecular complexity index is 477. The summed E-state index contributed by atoms with van der Waals surface area (Å²) in [5.41, 5.74) is 7.94. The fourth-order valence-electron chi connectivity index (χ4n) is 1.57. The van der Waals surface area contributed by atoms with Crippen molar-refractivity contribution in [2.45, 2.75) is 6.54 Å². The highest BCUT2D eigenvalue weighted by molar-refractivity contribution is 7.15. The minimum atomic E-state index is 0.557. The van der Waals surface area contributed by atoms with E-state index in [-0.39, 0.29) is 0 Å². The molecule has 84 valence electrons. The van der Waals surface area contributed by atoms with Gasteiger partial charge < -0.3 is 10.6 Å². The third-order valence-electron chi connectivity index (χ3n) is 2.37. The second kappa shape index (κ2) is 4.63. The van der Waals surface area contributed by atoms with E-state index in [2.05, 4.69) is 22.0 Å². The molecule has 3 nitrogen and oxygen atoms in total. The van der Waals surface area contributed by atoms with Gasteiger partial charge in [-0.3, -0.25) is 0 Å². The first-order valence-corrected chi connectivity index (χ1v) is 5.95. The Morgan fingerprint density at radius 3 is 2.69 bits per heavy atom. The molecule has 0 aliphatic carbocycles. The highest BCUT2D eigenvalue weighted by atomic mass is 32.1. The molecule has 1 aromatic heterocycles. The molecule has 0 saturated heterocycles. The average Bonchev–Trinajstić information content (AvgIpc) is 2.77. The standard InChI is InChI=1S/C12H15N3S/c1-15(2)11-6-4-3-5-10(11)12-14-8-9(7-13)16-12/h3-6,8H,7,13H2,1-2H3. The van der Waals surface area contributed by atoms with E-state index in [1.54, 1.807) is 11.3 Å². The van der Waals surface area contributed by atoms with Crippen LogP contribution in [0.4, 0.5) is 5.69 Å². The molecule has 16 heavy (non-hydrogen) atoms. The molecule has 0 amide bonds. The minimum Gasteiger partial charge on any atom is -0.377 e. The Labute approximate surface area is 99.5 Å². The number of nitrogens with zero attached hydrogens (tertiary/aromatic N) is 2. The zero-order chi connectivity index (χ0) is 11.5.